The highest BCUT2D eigenvalue weighted by molar-refractivity contribution is 8.00. The van der Waals surface area contributed by atoms with Crippen LogP contribution in [-0.4, -0.2) is 27.3 Å². The van der Waals surface area contributed by atoms with Crippen molar-refractivity contribution < 1.29 is 4.79 Å². The average Bonchev–Trinajstić information content (AvgIpc) is 2.97. The lowest BCUT2D eigenvalue weighted by Crippen LogP contribution is -2.32. The number of carbonyl (C=O) groups excluding carboxylic acids is 1. The van der Waals surface area contributed by atoms with E-state index in [4.69, 9.17) is 0 Å². The first-order valence-electron chi connectivity index (χ1n) is 7.11. The lowest BCUT2D eigenvalue weighted by molar-refractivity contribution is -0.120. The van der Waals surface area contributed by atoms with Crippen molar-refractivity contribution in [2.24, 2.45) is 0 Å². The molecule has 0 aliphatic rings. The number of rotatable bonds is 7. The van der Waals surface area contributed by atoms with Crippen LogP contribution in [0.1, 0.15) is 20.3 Å². The van der Waals surface area contributed by atoms with Crippen molar-refractivity contribution in [3.8, 4) is 0 Å². The first-order chi connectivity index (χ1) is 10.6. The second-order valence-corrected chi connectivity index (χ2v) is 6.99. The van der Waals surface area contributed by atoms with Gasteiger partial charge in [-0.1, -0.05) is 24.8 Å². The normalized spacial score (nSPS) is 12.3. The number of nitrogens with zero attached hydrogens (tertiary/aromatic N) is 2. The van der Waals surface area contributed by atoms with E-state index in [2.05, 4.69) is 16.9 Å². The van der Waals surface area contributed by atoms with Crippen LogP contribution in [0.3, 0.4) is 0 Å². The van der Waals surface area contributed by atoms with E-state index in [9.17, 15) is 9.59 Å². The first kappa shape index (κ1) is 16.8. The monoisotopic (exact) mass is 337 g/mol. The topological polar surface area (TPSA) is 64.0 Å². The first-order valence-corrected chi connectivity index (χ1v) is 8.87. The average molecular weight is 337 g/mol. The molecule has 0 bridgehead atoms. The third-order valence-corrected chi connectivity index (χ3v) is 4.96. The molecule has 0 saturated heterocycles. The van der Waals surface area contributed by atoms with Crippen molar-refractivity contribution in [2.75, 3.05) is 6.54 Å². The van der Waals surface area contributed by atoms with Gasteiger partial charge in [-0.3, -0.25) is 14.2 Å². The largest absolute Gasteiger partial charge is 0.355 e. The third kappa shape index (κ3) is 3.59. The predicted molar refractivity (Wildman–Crippen MR) is 92.7 cm³/mol. The van der Waals surface area contributed by atoms with Gasteiger partial charge in [-0.15, -0.1) is 17.9 Å². The van der Waals surface area contributed by atoms with Crippen molar-refractivity contribution in [1.29, 1.82) is 0 Å². The summed E-state index contributed by atoms with van der Waals surface area (Å²) in [7, 11) is 0. The van der Waals surface area contributed by atoms with Crippen LogP contribution in [0.5, 0.6) is 0 Å². The van der Waals surface area contributed by atoms with E-state index >= 15 is 0 Å². The molecule has 0 aromatic carbocycles. The third-order valence-electron chi connectivity index (χ3n) is 3.06. The second-order valence-electron chi connectivity index (χ2n) is 4.79. The number of aromatic nitrogens is 2. The Bertz CT molecular complexity index is 736. The molecule has 5 nitrogen and oxygen atoms in total. The fraction of sp³-hybridized carbons (Fsp3) is 0.400. The van der Waals surface area contributed by atoms with Gasteiger partial charge in [0.15, 0.2) is 5.16 Å². The zero-order valence-corrected chi connectivity index (χ0v) is 14.3. The van der Waals surface area contributed by atoms with Gasteiger partial charge in [-0.25, -0.2) is 4.98 Å². The highest BCUT2D eigenvalue weighted by Crippen LogP contribution is 2.24. The Hall–Kier alpha value is -1.60. The van der Waals surface area contributed by atoms with Crippen LogP contribution in [0.4, 0.5) is 0 Å². The summed E-state index contributed by atoms with van der Waals surface area (Å²) < 4.78 is 1.57. The smallest absolute Gasteiger partial charge is 0.263 e. The van der Waals surface area contributed by atoms with E-state index in [1.165, 1.54) is 23.1 Å². The van der Waals surface area contributed by atoms with Crippen LogP contribution < -0.4 is 10.9 Å². The molecule has 118 valence electrons. The molecule has 2 rings (SSSR count). The SMILES string of the molecule is C=CCn1c(SC(C)C(=O)NCCC)nc2sccc2c1=O. The summed E-state index contributed by atoms with van der Waals surface area (Å²) in [6.07, 6.45) is 2.55. The van der Waals surface area contributed by atoms with Crippen LogP contribution in [0, 0.1) is 0 Å². The Balaban J connectivity index is 2.32. The standard InChI is InChI=1S/C15H19N3O2S2/c1-4-7-16-12(19)10(3)22-15-17-13-11(6-9-21-13)14(20)18(15)8-5-2/h5-6,9-10H,2,4,7-8H2,1,3H3,(H,16,19). The Morgan fingerprint density at radius 2 is 2.41 bits per heavy atom. The Labute approximate surface area is 137 Å². The van der Waals surface area contributed by atoms with Crippen molar-refractivity contribution in [3.63, 3.8) is 0 Å². The molecule has 1 atom stereocenters. The van der Waals surface area contributed by atoms with Gasteiger partial charge in [0.1, 0.15) is 4.83 Å². The lowest BCUT2D eigenvalue weighted by Gasteiger charge is -2.14. The van der Waals surface area contributed by atoms with E-state index in [1.807, 2.05) is 19.2 Å². The molecule has 2 aromatic heterocycles. The molecule has 1 amide bonds. The molecule has 0 aliphatic carbocycles. The van der Waals surface area contributed by atoms with E-state index < -0.39 is 0 Å². The molecule has 7 heteroatoms. The van der Waals surface area contributed by atoms with Crippen molar-refractivity contribution in [2.45, 2.75) is 37.2 Å². The van der Waals surface area contributed by atoms with Crippen LogP contribution >= 0.6 is 23.1 Å². The molecule has 0 fully saturated rings. The van der Waals surface area contributed by atoms with E-state index in [-0.39, 0.29) is 16.7 Å². The molecule has 0 aliphatic heterocycles. The minimum Gasteiger partial charge on any atom is -0.355 e. The number of thiophene rings is 1. The molecule has 1 N–H and O–H groups in total. The molecular formula is C15H19N3O2S2. The van der Waals surface area contributed by atoms with Gasteiger partial charge < -0.3 is 5.32 Å². The number of fused-ring (bicyclic) bond motifs is 1. The van der Waals surface area contributed by atoms with E-state index in [1.54, 1.807) is 16.7 Å². The fourth-order valence-corrected chi connectivity index (χ4v) is 3.66. The fourth-order valence-electron chi connectivity index (χ4n) is 1.91. The summed E-state index contributed by atoms with van der Waals surface area (Å²) in [4.78, 5) is 29.7. The van der Waals surface area contributed by atoms with Crippen LogP contribution in [0.2, 0.25) is 0 Å². The van der Waals surface area contributed by atoms with Gasteiger partial charge in [0.25, 0.3) is 5.56 Å². The minimum atomic E-state index is -0.313. The van der Waals surface area contributed by atoms with E-state index in [0.717, 1.165) is 6.42 Å². The predicted octanol–water partition coefficient (Wildman–Crippen LogP) is 2.65. The van der Waals surface area contributed by atoms with Crippen molar-refractivity contribution in [1.82, 2.24) is 14.9 Å². The Morgan fingerprint density at radius 1 is 1.64 bits per heavy atom. The molecule has 0 saturated carbocycles. The molecule has 0 spiro atoms. The Kier molecular flexibility index (Phi) is 5.79. The van der Waals surface area contributed by atoms with Gasteiger partial charge in [0.05, 0.1) is 10.6 Å². The van der Waals surface area contributed by atoms with Gasteiger partial charge >= 0.3 is 0 Å². The van der Waals surface area contributed by atoms with E-state index in [0.29, 0.717) is 28.5 Å². The molecule has 0 radical (unpaired) electrons. The summed E-state index contributed by atoms with van der Waals surface area (Å²) in [5, 5.41) is 5.56. The zero-order chi connectivity index (χ0) is 16.1. The molecule has 22 heavy (non-hydrogen) atoms. The number of allylic oxidation sites excluding steroid dienone is 1. The van der Waals surface area contributed by atoms with Gasteiger partial charge in [-0.05, 0) is 24.8 Å². The number of hydrogen-bond acceptors (Lipinski definition) is 5. The van der Waals surface area contributed by atoms with Crippen LogP contribution in [0.15, 0.2) is 34.1 Å². The molecule has 1 unspecified atom stereocenters. The summed E-state index contributed by atoms with van der Waals surface area (Å²) in [6.45, 7) is 8.54. The summed E-state index contributed by atoms with van der Waals surface area (Å²) in [6, 6.07) is 1.78. The molecule has 2 aromatic rings. The van der Waals surface area contributed by atoms with Gasteiger partial charge in [0, 0.05) is 13.1 Å². The highest BCUT2D eigenvalue weighted by Gasteiger charge is 2.19. The number of nitrogens with one attached hydrogen (secondary N) is 1. The van der Waals surface area contributed by atoms with Crippen LogP contribution in [-0.2, 0) is 11.3 Å². The number of hydrogen-bond donors (Lipinski definition) is 1. The number of thioether (sulfide) groups is 1. The van der Waals surface area contributed by atoms with Gasteiger partial charge in [-0.2, -0.15) is 0 Å². The summed E-state index contributed by atoms with van der Waals surface area (Å²) in [5.41, 5.74) is -0.0881. The Morgan fingerprint density at radius 3 is 3.09 bits per heavy atom. The summed E-state index contributed by atoms with van der Waals surface area (Å²) >= 11 is 2.73. The summed E-state index contributed by atoms with van der Waals surface area (Å²) in [5.74, 6) is -0.0440. The van der Waals surface area contributed by atoms with Crippen LogP contribution in [0.25, 0.3) is 10.2 Å². The minimum absolute atomic E-state index is 0.0440. The number of carbonyl (C=O) groups is 1. The highest BCUT2D eigenvalue weighted by atomic mass is 32.2. The quantitative estimate of drug-likeness (QED) is 0.479. The molecule has 2 heterocycles. The second kappa shape index (κ2) is 7.60. The maximum Gasteiger partial charge on any atom is 0.263 e. The van der Waals surface area contributed by atoms with Gasteiger partial charge in [0.2, 0.25) is 5.91 Å². The van der Waals surface area contributed by atoms with Crippen molar-refractivity contribution in [3.05, 3.63) is 34.5 Å². The zero-order valence-electron chi connectivity index (χ0n) is 12.7. The molecular weight excluding hydrogens is 318 g/mol. The van der Waals surface area contributed by atoms with Crippen molar-refractivity contribution >= 4 is 39.2 Å². The maximum absolute atomic E-state index is 12.5. The number of amides is 1. The maximum atomic E-state index is 12.5. The lowest BCUT2D eigenvalue weighted by atomic mass is 10.4.